The van der Waals surface area contributed by atoms with Gasteiger partial charge in [-0.05, 0) is 38.6 Å². The van der Waals surface area contributed by atoms with Crippen LogP contribution in [0.3, 0.4) is 0 Å². The van der Waals surface area contributed by atoms with Crippen molar-refractivity contribution in [1.29, 1.82) is 0 Å². The molecule has 0 bridgehead atoms. The minimum Gasteiger partial charge on any atom is -0.372 e. The third kappa shape index (κ3) is 4.67. The number of nitrogens with zero attached hydrogens (tertiary/aromatic N) is 3. The first kappa shape index (κ1) is 15.7. The standard InChI is InChI=1S/C15H25N5O/c1-16-11-15(21)20-6-3-4-12(5-7-20)8-13-9-19-14(17-2)10-18-13/h9-10,12,16H,3-8,11H2,1-2H3,(H,17,19)/t12-/m1/s1. The third-order valence-corrected chi connectivity index (χ3v) is 3.99. The first-order valence-electron chi connectivity index (χ1n) is 7.64. The van der Waals surface area contributed by atoms with E-state index in [0.29, 0.717) is 12.5 Å². The Morgan fingerprint density at radius 3 is 2.81 bits per heavy atom. The largest absolute Gasteiger partial charge is 0.372 e. The van der Waals surface area contributed by atoms with Crippen LogP contribution in [0.1, 0.15) is 25.0 Å². The van der Waals surface area contributed by atoms with Crippen LogP contribution in [-0.4, -0.2) is 54.5 Å². The second kappa shape index (κ2) is 7.93. The van der Waals surface area contributed by atoms with Crippen molar-refractivity contribution in [3.8, 4) is 0 Å². The molecule has 0 unspecified atom stereocenters. The summed E-state index contributed by atoms with van der Waals surface area (Å²) in [5, 5.41) is 5.91. The van der Waals surface area contributed by atoms with Crippen molar-refractivity contribution in [2.75, 3.05) is 39.0 Å². The van der Waals surface area contributed by atoms with Gasteiger partial charge in [-0.3, -0.25) is 9.78 Å². The van der Waals surface area contributed by atoms with Gasteiger partial charge in [0.15, 0.2) is 0 Å². The molecule has 1 aliphatic rings. The molecule has 1 aromatic rings. The summed E-state index contributed by atoms with van der Waals surface area (Å²) in [4.78, 5) is 22.6. The van der Waals surface area contributed by atoms with Gasteiger partial charge in [-0.15, -0.1) is 0 Å². The molecule has 1 atom stereocenters. The number of rotatable bonds is 5. The number of aromatic nitrogens is 2. The Labute approximate surface area is 126 Å². The van der Waals surface area contributed by atoms with Gasteiger partial charge in [0.2, 0.25) is 5.91 Å². The SMILES string of the molecule is CNCC(=O)N1CCC[C@@H](Cc2cnc(NC)cn2)CC1. The van der Waals surface area contributed by atoms with E-state index < -0.39 is 0 Å². The molecule has 116 valence electrons. The van der Waals surface area contributed by atoms with Gasteiger partial charge in [0.1, 0.15) is 5.82 Å². The lowest BCUT2D eigenvalue weighted by Gasteiger charge is -2.20. The van der Waals surface area contributed by atoms with Crippen LogP contribution in [-0.2, 0) is 11.2 Å². The zero-order chi connectivity index (χ0) is 15.1. The smallest absolute Gasteiger partial charge is 0.236 e. The number of hydrogen-bond donors (Lipinski definition) is 2. The summed E-state index contributed by atoms with van der Waals surface area (Å²) in [5.74, 6) is 1.59. The maximum absolute atomic E-state index is 11.9. The number of hydrogen-bond acceptors (Lipinski definition) is 5. The molecule has 0 aromatic carbocycles. The van der Waals surface area contributed by atoms with Crippen LogP contribution in [0.25, 0.3) is 0 Å². The van der Waals surface area contributed by atoms with Gasteiger partial charge in [0.25, 0.3) is 0 Å². The number of likely N-dealkylation sites (tertiary alicyclic amines) is 1. The highest BCUT2D eigenvalue weighted by molar-refractivity contribution is 5.78. The van der Waals surface area contributed by atoms with E-state index in [1.165, 1.54) is 0 Å². The Morgan fingerprint density at radius 2 is 2.14 bits per heavy atom. The van der Waals surface area contributed by atoms with Gasteiger partial charge >= 0.3 is 0 Å². The van der Waals surface area contributed by atoms with Gasteiger partial charge in [0.05, 0.1) is 24.6 Å². The van der Waals surface area contributed by atoms with Gasteiger partial charge in [-0.25, -0.2) is 4.98 Å². The molecule has 1 amide bonds. The highest BCUT2D eigenvalue weighted by Crippen LogP contribution is 2.21. The molecule has 1 aromatic heterocycles. The lowest BCUT2D eigenvalue weighted by molar-refractivity contribution is -0.130. The number of nitrogens with one attached hydrogen (secondary N) is 2. The second-order valence-corrected chi connectivity index (χ2v) is 5.56. The Hall–Kier alpha value is -1.69. The molecule has 0 radical (unpaired) electrons. The average Bonchev–Trinajstić information content (AvgIpc) is 2.74. The molecule has 2 rings (SSSR count). The zero-order valence-electron chi connectivity index (χ0n) is 12.9. The van der Waals surface area contributed by atoms with E-state index in [1.807, 2.05) is 25.2 Å². The molecule has 0 aliphatic carbocycles. The topological polar surface area (TPSA) is 70.2 Å². The summed E-state index contributed by atoms with van der Waals surface area (Å²) in [6, 6.07) is 0. The minimum absolute atomic E-state index is 0.205. The number of likely N-dealkylation sites (N-methyl/N-ethyl adjacent to an activating group) is 1. The molecule has 0 saturated carbocycles. The van der Waals surface area contributed by atoms with Crippen LogP contribution in [0.5, 0.6) is 0 Å². The van der Waals surface area contributed by atoms with Crippen molar-refractivity contribution < 1.29 is 4.79 Å². The first-order chi connectivity index (χ1) is 10.2. The molecular formula is C15H25N5O. The van der Waals surface area contributed by atoms with Gasteiger partial charge < -0.3 is 15.5 Å². The predicted octanol–water partition coefficient (Wildman–Crippen LogP) is 0.909. The fraction of sp³-hybridized carbons (Fsp3) is 0.667. The van der Waals surface area contributed by atoms with Crippen LogP contribution in [0.2, 0.25) is 0 Å². The molecule has 1 aliphatic heterocycles. The average molecular weight is 291 g/mol. The normalized spacial score (nSPS) is 19.1. The zero-order valence-corrected chi connectivity index (χ0v) is 12.9. The van der Waals surface area contributed by atoms with E-state index in [9.17, 15) is 4.79 Å². The molecule has 6 heteroatoms. The fourth-order valence-corrected chi connectivity index (χ4v) is 2.77. The van der Waals surface area contributed by atoms with Gasteiger partial charge in [-0.2, -0.15) is 0 Å². The number of carbonyl (C=O) groups is 1. The number of anilines is 1. The van der Waals surface area contributed by atoms with E-state index in [4.69, 9.17) is 0 Å². The van der Waals surface area contributed by atoms with Gasteiger partial charge in [0, 0.05) is 20.1 Å². The number of amides is 1. The van der Waals surface area contributed by atoms with Crippen molar-refractivity contribution in [2.45, 2.75) is 25.7 Å². The van der Waals surface area contributed by atoms with Crippen LogP contribution >= 0.6 is 0 Å². The van der Waals surface area contributed by atoms with E-state index >= 15 is 0 Å². The van der Waals surface area contributed by atoms with E-state index in [-0.39, 0.29) is 5.91 Å². The summed E-state index contributed by atoms with van der Waals surface area (Å²) in [7, 11) is 3.65. The summed E-state index contributed by atoms with van der Waals surface area (Å²) in [6.07, 6.45) is 7.84. The van der Waals surface area contributed by atoms with Crippen LogP contribution in [0.4, 0.5) is 5.82 Å². The summed E-state index contributed by atoms with van der Waals surface area (Å²) in [6.45, 7) is 2.16. The third-order valence-electron chi connectivity index (χ3n) is 3.99. The van der Waals surface area contributed by atoms with Crippen LogP contribution < -0.4 is 10.6 Å². The van der Waals surface area contributed by atoms with E-state index in [2.05, 4.69) is 20.6 Å². The van der Waals surface area contributed by atoms with Crippen LogP contribution in [0.15, 0.2) is 12.4 Å². The fourth-order valence-electron chi connectivity index (χ4n) is 2.77. The monoisotopic (exact) mass is 291 g/mol. The lowest BCUT2D eigenvalue weighted by Crippen LogP contribution is -2.37. The van der Waals surface area contributed by atoms with Crippen molar-refractivity contribution in [3.63, 3.8) is 0 Å². The highest BCUT2D eigenvalue weighted by Gasteiger charge is 2.20. The summed E-state index contributed by atoms with van der Waals surface area (Å²) < 4.78 is 0. The van der Waals surface area contributed by atoms with Crippen molar-refractivity contribution >= 4 is 11.7 Å². The summed E-state index contributed by atoms with van der Waals surface area (Å²) in [5.41, 5.74) is 1.04. The van der Waals surface area contributed by atoms with Crippen LogP contribution in [0, 0.1) is 5.92 Å². The van der Waals surface area contributed by atoms with E-state index in [1.54, 1.807) is 6.20 Å². The van der Waals surface area contributed by atoms with Crippen molar-refractivity contribution in [2.24, 2.45) is 5.92 Å². The molecule has 21 heavy (non-hydrogen) atoms. The maximum atomic E-state index is 11.9. The predicted molar refractivity (Wildman–Crippen MR) is 83.1 cm³/mol. The molecule has 0 spiro atoms. The molecule has 1 saturated heterocycles. The Balaban J connectivity index is 1.86. The number of carbonyl (C=O) groups excluding carboxylic acids is 1. The molecular weight excluding hydrogens is 266 g/mol. The second-order valence-electron chi connectivity index (χ2n) is 5.56. The maximum Gasteiger partial charge on any atom is 0.236 e. The Kier molecular flexibility index (Phi) is 5.92. The summed E-state index contributed by atoms with van der Waals surface area (Å²) >= 11 is 0. The Morgan fingerprint density at radius 1 is 1.29 bits per heavy atom. The van der Waals surface area contributed by atoms with Gasteiger partial charge in [-0.1, -0.05) is 0 Å². The highest BCUT2D eigenvalue weighted by atomic mass is 16.2. The minimum atomic E-state index is 0.205. The van der Waals surface area contributed by atoms with E-state index in [0.717, 1.165) is 50.3 Å². The van der Waals surface area contributed by atoms with Crippen molar-refractivity contribution in [1.82, 2.24) is 20.2 Å². The molecule has 6 nitrogen and oxygen atoms in total. The first-order valence-corrected chi connectivity index (χ1v) is 7.64. The lowest BCUT2D eigenvalue weighted by atomic mass is 9.95. The quantitative estimate of drug-likeness (QED) is 0.844. The van der Waals surface area contributed by atoms with Crippen molar-refractivity contribution in [3.05, 3.63) is 18.1 Å². The molecule has 2 heterocycles. The Bertz CT molecular complexity index is 448. The molecule has 2 N–H and O–H groups in total. The molecule has 1 fully saturated rings.